The van der Waals surface area contributed by atoms with Crippen molar-refractivity contribution in [2.45, 2.75) is 5.41 Å². The normalized spacial score (nSPS) is 14.8. The maximum absolute atomic E-state index is 14.1. The molecule has 0 unspecified atom stereocenters. The first-order valence-corrected chi connectivity index (χ1v) is 9.96. The van der Waals surface area contributed by atoms with Gasteiger partial charge in [0.15, 0.2) is 0 Å². The van der Waals surface area contributed by atoms with Crippen LogP contribution < -0.4 is 5.01 Å². The average Bonchev–Trinajstić information content (AvgIpc) is 3.08. The molecular weight excluding hydrogens is 368 g/mol. The summed E-state index contributed by atoms with van der Waals surface area (Å²) in [4.78, 5) is 14.1. The highest BCUT2D eigenvalue weighted by atomic mass is 16.2. The third-order valence-electron chi connectivity index (χ3n) is 5.58. The Hall–Kier alpha value is -3.98. The molecule has 0 bridgehead atoms. The van der Waals surface area contributed by atoms with Crippen LogP contribution in [0.2, 0.25) is 0 Å². The van der Waals surface area contributed by atoms with E-state index >= 15 is 0 Å². The number of rotatable bonds is 4. The van der Waals surface area contributed by atoms with E-state index in [1.807, 2.05) is 115 Å². The highest BCUT2D eigenvalue weighted by Gasteiger charge is 2.53. The van der Waals surface area contributed by atoms with E-state index in [0.717, 1.165) is 27.9 Å². The second-order valence-electron chi connectivity index (χ2n) is 7.27. The Labute approximate surface area is 175 Å². The molecule has 0 aliphatic carbocycles. The Balaban J connectivity index is 1.74. The molecule has 0 saturated heterocycles. The molecule has 3 nitrogen and oxygen atoms in total. The molecular formula is C27H20N2O. The van der Waals surface area contributed by atoms with Crippen LogP contribution in [0.1, 0.15) is 22.3 Å². The lowest BCUT2D eigenvalue weighted by molar-refractivity contribution is -0.120. The zero-order chi connectivity index (χ0) is 20.4. The molecule has 1 aliphatic rings. The number of nitrogens with zero attached hydrogens (tertiary/aromatic N) is 2. The van der Waals surface area contributed by atoms with Gasteiger partial charge in [0.1, 0.15) is 5.41 Å². The minimum absolute atomic E-state index is 0.0757. The fourth-order valence-corrected chi connectivity index (χ4v) is 4.24. The number of hydrogen-bond acceptors (Lipinski definition) is 2. The smallest absolute Gasteiger partial charge is 0.267 e. The number of para-hydroxylation sites is 1. The van der Waals surface area contributed by atoms with Crippen LogP contribution in [0.3, 0.4) is 0 Å². The number of anilines is 1. The summed E-state index contributed by atoms with van der Waals surface area (Å²) in [5.74, 6) is -0.0757. The van der Waals surface area contributed by atoms with Crippen molar-refractivity contribution in [3.63, 3.8) is 0 Å². The molecule has 3 heteroatoms. The first-order valence-electron chi connectivity index (χ1n) is 9.96. The van der Waals surface area contributed by atoms with Gasteiger partial charge in [0, 0.05) is 5.56 Å². The van der Waals surface area contributed by atoms with Gasteiger partial charge in [0.25, 0.3) is 5.91 Å². The molecule has 0 aromatic heterocycles. The van der Waals surface area contributed by atoms with Crippen LogP contribution in [0, 0.1) is 0 Å². The van der Waals surface area contributed by atoms with Crippen LogP contribution in [-0.4, -0.2) is 12.1 Å². The Morgan fingerprint density at radius 1 is 0.633 bits per heavy atom. The van der Waals surface area contributed by atoms with E-state index in [2.05, 4.69) is 5.10 Å². The predicted octanol–water partition coefficient (Wildman–Crippen LogP) is 5.40. The first kappa shape index (κ1) is 18.1. The lowest BCUT2D eigenvalue weighted by Gasteiger charge is -2.29. The molecule has 4 aromatic carbocycles. The minimum Gasteiger partial charge on any atom is -0.271 e. The van der Waals surface area contributed by atoms with Crippen molar-refractivity contribution in [3.05, 3.63) is 138 Å². The topological polar surface area (TPSA) is 32.7 Å². The van der Waals surface area contributed by atoms with Crippen LogP contribution in [0.5, 0.6) is 0 Å². The minimum atomic E-state index is -0.937. The van der Waals surface area contributed by atoms with Crippen molar-refractivity contribution in [1.82, 2.24) is 0 Å². The van der Waals surface area contributed by atoms with E-state index in [1.165, 1.54) is 0 Å². The molecule has 1 heterocycles. The maximum atomic E-state index is 14.1. The Morgan fingerprint density at radius 3 is 1.73 bits per heavy atom. The number of amides is 1. The van der Waals surface area contributed by atoms with Crippen molar-refractivity contribution in [2.75, 3.05) is 5.01 Å². The fraction of sp³-hybridized carbons (Fsp3) is 0.0370. The van der Waals surface area contributed by atoms with E-state index in [1.54, 1.807) is 11.2 Å². The van der Waals surface area contributed by atoms with Gasteiger partial charge in [0.2, 0.25) is 0 Å². The fourth-order valence-electron chi connectivity index (χ4n) is 4.24. The molecule has 0 radical (unpaired) electrons. The number of benzene rings is 4. The van der Waals surface area contributed by atoms with E-state index < -0.39 is 5.41 Å². The standard InChI is InChI=1S/C27H20N2O/c30-26-27(22-14-6-2-7-15-22,23-16-8-3-9-17-23)24-18-10-11-19-25(24)29(26)28-20-21-12-4-1-5-13-21/h1-20H. The van der Waals surface area contributed by atoms with Crippen LogP contribution in [0.25, 0.3) is 0 Å². The molecule has 0 atom stereocenters. The van der Waals surface area contributed by atoms with Gasteiger partial charge in [-0.05, 0) is 22.8 Å². The van der Waals surface area contributed by atoms with E-state index in [0.29, 0.717) is 0 Å². The van der Waals surface area contributed by atoms with Gasteiger partial charge in [-0.3, -0.25) is 4.79 Å². The number of hydrogen-bond donors (Lipinski definition) is 0. The largest absolute Gasteiger partial charge is 0.271 e. The summed E-state index contributed by atoms with van der Waals surface area (Å²) in [5, 5.41) is 6.16. The summed E-state index contributed by atoms with van der Waals surface area (Å²) >= 11 is 0. The van der Waals surface area contributed by atoms with Gasteiger partial charge in [-0.2, -0.15) is 10.1 Å². The summed E-state index contributed by atoms with van der Waals surface area (Å²) in [6.07, 6.45) is 1.74. The Kier molecular flexibility index (Phi) is 4.49. The molecule has 0 saturated carbocycles. The quantitative estimate of drug-likeness (QED) is 0.431. The van der Waals surface area contributed by atoms with Gasteiger partial charge in [-0.15, -0.1) is 0 Å². The zero-order valence-electron chi connectivity index (χ0n) is 16.3. The van der Waals surface area contributed by atoms with Gasteiger partial charge in [-0.1, -0.05) is 109 Å². The number of hydrazone groups is 1. The molecule has 5 rings (SSSR count). The van der Waals surface area contributed by atoms with Crippen LogP contribution in [-0.2, 0) is 10.2 Å². The molecule has 30 heavy (non-hydrogen) atoms. The third kappa shape index (κ3) is 2.75. The Morgan fingerprint density at radius 2 is 1.13 bits per heavy atom. The highest BCUT2D eigenvalue weighted by Crippen LogP contribution is 2.50. The predicted molar refractivity (Wildman–Crippen MR) is 121 cm³/mol. The third-order valence-corrected chi connectivity index (χ3v) is 5.58. The van der Waals surface area contributed by atoms with Gasteiger partial charge >= 0.3 is 0 Å². The number of fused-ring (bicyclic) bond motifs is 1. The second-order valence-corrected chi connectivity index (χ2v) is 7.27. The summed E-state index contributed by atoms with van der Waals surface area (Å²) in [6.45, 7) is 0. The molecule has 144 valence electrons. The molecule has 0 fully saturated rings. The Bertz CT molecular complexity index is 1160. The number of carbonyl (C=O) groups excluding carboxylic acids is 1. The molecule has 0 spiro atoms. The monoisotopic (exact) mass is 388 g/mol. The first-order chi connectivity index (χ1) is 14.8. The molecule has 4 aromatic rings. The van der Waals surface area contributed by atoms with Crippen molar-refractivity contribution in [1.29, 1.82) is 0 Å². The van der Waals surface area contributed by atoms with E-state index in [4.69, 9.17) is 0 Å². The lowest BCUT2D eigenvalue weighted by atomic mass is 9.70. The van der Waals surface area contributed by atoms with Gasteiger partial charge in [0.05, 0.1) is 11.9 Å². The van der Waals surface area contributed by atoms with Gasteiger partial charge in [-0.25, -0.2) is 0 Å². The van der Waals surface area contributed by atoms with Crippen molar-refractivity contribution in [2.24, 2.45) is 5.10 Å². The van der Waals surface area contributed by atoms with Crippen molar-refractivity contribution < 1.29 is 4.79 Å². The second kappa shape index (κ2) is 7.45. The average molecular weight is 388 g/mol. The lowest BCUT2D eigenvalue weighted by Crippen LogP contribution is -2.40. The summed E-state index contributed by atoms with van der Waals surface area (Å²) < 4.78 is 0. The zero-order valence-corrected chi connectivity index (χ0v) is 16.3. The van der Waals surface area contributed by atoms with E-state index in [-0.39, 0.29) is 5.91 Å². The molecule has 1 amide bonds. The summed E-state index contributed by atoms with van der Waals surface area (Å²) in [5.41, 5.74) is 3.63. The molecule has 1 aliphatic heterocycles. The van der Waals surface area contributed by atoms with Gasteiger partial charge < -0.3 is 0 Å². The van der Waals surface area contributed by atoms with Crippen molar-refractivity contribution in [3.8, 4) is 0 Å². The van der Waals surface area contributed by atoms with Crippen LogP contribution >= 0.6 is 0 Å². The summed E-state index contributed by atoms with van der Waals surface area (Å²) in [6, 6.07) is 37.7. The van der Waals surface area contributed by atoms with Crippen LogP contribution in [0.4, 0.5) is 5.69 Å². The maximum Gasteiger partial charge on any atom is 0.267 e. The molecule has 0 N–H and O–H groups in total. The van der Waals surface area contributed by atoms with Crippen LogP contribution in [0.15, 0.2) is 120 Å². The SMILES string of the molecule is O=C1N(N=Cc2ccccc2)c2ccccc2C1(c1ccccc1)c1ccccc1. The van der Waals surface area contributed by atoms with Crippen molar-refractivity contribution >= 4 is 17.8 Å². The van der Waals surface area contributed by atoms with E-state index in [9.17, 15) is 4.79 Å². The summed E-state index contributed by atoms with van der Waals surface area (Å²) in [7, 11) is 0. The highest BCUT2D eigenvalue weighted by molar-refractivity contribution is 6.13. The number of carbonyl (C=O) groups is 1.